The number of pyridine rings is 1. The van der Waals surface area contributed by atoms with Crippen molar-refractivity contribution in [2.45, 2.75) is 13.3 Å². The van der Waals surface area contributed by atoms with Crippen LogP contribution in [0, 0.1) is 5.92 Å². The minimum atomic E-state index is -0.879. The van der Waals surface area contributed by atoms with Gasteiger partial charge in [0.15, 0.2) is 0 Å². The third-order valence-electron chi connectivity index (χ3n) is 3.10. The van der Waals surface area contributed by atoms with Crippen molar-refractivity contribution in [1.82, 2.24) is 10.3 Å². The molecule has 1 amide bonds. The smallest absolute Gasteiger partial charge is 0.303 e. The fourth-order valence-electron chi connectivity index (χ4n) is 2.05. The van der Waals surface area contributed by atoms with Gasteiger partial charge in [-0.25, -0.2) is 0 Å². The largest absolute Gasteiger partial charge is 0.481 e. The quantitative estimate of drug-likeness (QED) is 0.890. The van der Waals surface area contributed by atoms with Gasteiger partial charge in [-0.2, -0.15) is 0 Å². The molecule has 1 aromatic carbocycles. The van der Waals surface area contributed by atoms with E-state index >= 15 is 0 Å². The molecule has 0 radical (unpaired) electrons. The zero-order valence-corrected chi connectivity index (χ0v) is 12.2. The molecule has 0 bridgehead atoms. The molecule has 0 aliphatic heterocycles. The van der Waals surface area contributed by atoms with Crippen molar-refractivity contribution < 1.29 is 14.7 Å². The number of fused-ring (bicyclic) bond motifs is 1. The maximum Gasteiger partial charge on any atom is 0.303 e. The summed E-state index contributed by atoms with van der Waals surface area (Å²) in [6, 6.07) is 6.83. The van der Waals surface area contributed by atoms with Gasteiger partial charge in [0.2, 0.25) is 0 Å². The van der Waals surface area contributed by atoms with Crippen LogP contribution in [0.2, 0.25) is 5.02 Å². The Kier molecular flexibility index (Phi) is 4.75. The number of carbonyl (C=O) groups excluding carboxylic acids is 1. The van der Waals surface area contributed by atoms with Crippen LogP contribution in [0.1, 0.15) is 23.7 Å². The number of amides is 1. The van der Waals surface area contributed by atoms with Crippen LogP contribution in [0.4, 0.5) is 0 Å². The second-order valence-electron chi connectivity index (χ2n) is 4.91. The number of hydrogen-bond donors (Lipinski definition) is 2. The predicted molar refractivity (Wildman–Crippen MR) is 80.5 cm³/mol. The van der Waals surface area contributed by atoms with E-state index in [9.17, 15) is 9.59 Å². The van der Waals surface area contributed by atoms with Crippen LogP contribution in [0.5, 0.6) is 0 Å². The van der Waals surface area contributed by atoms with Crippen molar-refractivity contribution in [2.24, 2.45) is 5.92 Å². The third kappa shape index (κ3) is 3.70. The molecule has 5 nitrogen and oxygen atoms in total. The second-order valence-corrected chi connectivity index (χ2v) is 5.31. The van der Waals surface area contributed by atoms with Crippen molar-refractivity contribution in [2.75, 3.05) is 6.54 Å². The molecule has 0 saturated heterocycles. The number of rotatable bonds is 5. The molecular formula is C15H15ClN2O3. The summed E-state index contributed by atoms with van der Waals surface area (Å²) in [4.78, 5) is 27.0. The van der Waals surface area contributed by atoms with Crippen LogP contribution in [0.3, 0.4) is 0 Å². The lowest BCUT2D eigenvalue weighted by atomic mass is 10.1. The lowest BCUT2D eigenvalue weighted by molar-refractivity contribution is -0.137. The maximum atomic E-state index is 12.2. The van der Waals surface area contributed by atoms with Crippen LogP contribution in [-0.2, 0) is 4.79 Å². The standard InChI is InChI=1S/C15H15ClN2O3/c1-9(7-13(19)20)8-18-15(21)11-4-5-12(16)10-3-2-6-17-14(10)11/h2-6,9H,7-8H2,1H3,(H,18,21)(H,19,20). The van der Waals surface area contributed by atoms with Crippen LogP contribution in [-0.4, -0.2) is 28.5 Å². The first-order valence-corrected chi connectivity index (χ1v) is 6.90. The number of aliphatic carboxylic acids is 1. The van der Waals surface area contributed by atoms with Crippen LogP contribution >= 0.6 is 11.6 Å². The van der Waals surface area contributed by atoms with E-state index in [-0.39, 0.29) is 18.2 Å². The van der Waals surface area contributed by atoms with Gasteiger partial charge < -0.3 is 10.4 Å². The highest BCUT2D eigenvalue weighted by Crippen LogP contribution is 2.24. The van der Waals surface area contributed by atoms with Crippen molar-refractivity contribution in [3.8, 4) is 0 Å². The molecule has 0 fully saturated rings. The van der Waals surface area contributed by atoms with Crippen molar-refractivity contribution in [3.63, 3.8) is 0 Å². The molecule has 0 saturated carbocycles. The maximum absolute atomic E-state index is 12.2. The minimum Gasteiger partial charge on any atom is -0.481 e. The Morgan fingerprint density at radius 3 is 2.86 bits per heavy atom. The first kappa shape index (κ1) is 15.3. The SMILES string of the molecule is CC(CNC(=O)c1ccc(Cl)c2cccnc12)CC(=O)O. The Morgan fingerprint density at radius 2 is 2.14 bits per heavy atom. The van der Waals surface area contributed by atoms with Crippen LogP contribution in [0.15, 0.2) is 30.5 Å². The van der Waals surface area contributed by atoms with E-state index in [1.54, 1.807) is 37.4 Å². The van der Waals surface area contributed by atoms with E-state index in [1.807, 2.05) is 0 Å². The molecular weight excluding hydrogens is 292 g/mol. The predicted octanol–water partition coefficient (Wildman–Crippen LogP) is 2.73. The van der Waals surface area contributed by atoms with E-state index in [2.05, 4.69) is 10.3 Å². The summed E-state index contributed by atoms with van der Waals surface area (Å²) in [6.07, 6.45) is 1.61. The van der Waals surface area contributed by atoms with E-state index < -0.39 is 5.97 Å². The van der Waals surface area contributed by atoms with E-state index in [4.69, 9.17) is 16.7 Å². The molecule has 0 spiro atoms. The normalized spacial score (nSPS) is 12.1. The van der Waals surface area contributed by atoms with Gasteiger partial charge in [-0.05, 0) is 30.2 Å². The molecule has 1 unspecified atom stereocenters. The number of hydrogen-bond acceptors (Lipinski definition) is 3. The first-order chi connectivity index (χ1) is 9.99. The summed E-state index contributed by atoms with van der Waals surface area (Å²) in [5.41, 5.74) is 0.964. The fraction of sp³-hybridized carbons (Fsp3) is 0.267. The molecule has 0 aliphatic carbocycles. The zero-order chi connectivity index (χ0) is 15.4. The Bertz CT molecular complexity index is 688. The Hall–Kier alpha value is -2.14. The van der Waals surface area contributed by atoms with E-state index in [1.165, 1.54) is 0 Å². The molecule has 2 N–H and O–H groups in total. The van der Waals surface area contributed by atoms with Crippen molar-refractivity contribution in [3.05, 3.63) is 41.0 Å². The molecule has 2 aromatic rings. The Morgan fingerprint density at radius 1 is 1.38 bits per heavy atom. The average Bonchev–Trinajstić information content (AvgIpc) is 2.45. The third-order valence-corrected chi connectivity index (χ3v) is 3.42. The van der Waals surface area contributed by atoms with Gasteiger partial charge in [0.1, 0.15) is 0 Å². The molecule has 0 aliphatic rings. The van der Waals surface area contributed by atoms with Crippen LogP contribution in [0.25, 0.3) is 10.9 Å². The lowest BCUT2D eigenvalue weighted by Crippen LogP contribution is -2.29. The van der Waals surface area contributed by atoms with Gasteiger partial charge in [0.05, 0.1) is 16.1 Å². The highest BCUT2D eigenvalue weighted by molar-refractivity contribution is 6.36. The summed E-state index contributed by atoms with van der Waals surface area (Å²) in [5.74, 6) is -1.30. The second kappa shape index (κ2) is 6.54. The topological polar surface area (TPSA) is 79.3 Å². The number of halogens is 1. The molecule has 110 valence electrons. The van der Waals surface area contributed by atoms with Crippen molar-refractivity contribution in [1.29, 1.82) is 0 Å². The summed E-state index contributed by atoms with van der Waals surface area (Å²) in [5, 5.41) is 12.7. The Labute approximate surface area is 126 Å². The fourth-order valence-corrected chi connectivity index (χ4v) is 2.27. The van der Waals surface area contributed by atoms with Gasteiger partial charge in [0.25, 0.3) is 5.91 Å². The monoisotopic (exact) mass is 306 g/mol. The Balaban J connectivity index is 2.17. The molecule has 1 heterocycles. The van der Waals surface area contributed by atoms with Gasteiger partial charge in [0, 0.05) is 24.5 Å². The number of nitrogens with zero attached hydrogens (tertiary/aromatic N) is 1. The first-order valence-electron chi connectivity index (χ1n) is 6.52. The molecule has 6 heteroatoms. The molecule has 1 atom stereocenters. The highest BCUT2D eigenvalue weighted by atomic mass is 35.5. The summed E-state index contributed by atoms with van der Waals surface area (Å²) in [7, 11) is 0. The average molecular weight is 307 g/mol. The zero-order valence-electron chi connectivity index (χ0n) is 11.5. The minimum absolute atomic E-state index is 0.0138. The van der Waals surface area contributed by atoms with Gasteiger partial charge in [-0.3, -0.25) is 14.6 Å². The summed E-state index contributed by atoms with van der Waals surface area (Å²) in [6.45, 7) is 2.06. The summed E-state index contributed by atoms with van der Waals surface area (Å²) >= 11 is 6.08. The summed E-state index contributed by atoms with van der Waals surface area (Å²) < 4.78 is 0. The number of carboxylic acids is 1. The van der Waals surface area contributed by atoms with Gasteiger partial charge in [-0.1, -0.05) is 18.5 Å². The van der Waals surface area contributed by atoms with E-state index in [0.717, 1.165) is 0 Å². The lowest BCUT2D eigenvalue weighted by Gasteiger charge is -2.11. The van der Waals surface area contributed by atoms with E-state index in [0.29, 0.717) is 28.0 Å². The number of carbonyl (C=O) groups is 2. The molecule has 21 heavy (non-hydrogen) atoms. The van der Waals surface area contributed by atoms with Crippen molar-refractivity contribution >= 4 is 34.4 Å². The molecule has 2 rings (SSSR count). The van der Waals surface area contributed by atoms with Gasteiger partial charge in [-0.15, -0.1) is 0 Å². The van der Waals surface area contributed by atoms with Gasteiger partial charge >= 0.3 is 5.97 Å². The number of benzene rings is 1. The number of nitrogens with one attached hydrogen (secondary N) is 1. The number of aromatic nitrogens is 1. The number of carboxylic acid groups (broad SMARTS) is 1. The van der Waals surface area contributed by atoms with Crippen LogP contribution < -0.4 is 5.32 Å². The highest BCUT2D eigenvalue weighted by Gasteiger charge is 2.14. The molecule has 1 aromatic heterocycles.